The van der Waals surface area contributed by atoms with E-state index in [0.29, 0.717) is 30.2 Å². The van der Waals surface area contributed by atoms with Crippen molar-refractivity contribution in [2.75, 3.05) is 37.9 Å². The highest BCUT2D eigenvalue weighted by molar-refractivity contribution is 7.92. The summed E-state index contributed by atoms with van der Waals surface area (Å²) in [7, 11) is -0.566. The molecular weight excluding hydrogens is 494 g/mol. The summed E-state index contributed by atoms with van der Waals surface area (Å²) in [6.07, 6.45) is 2.70. The molecule has 204 valence electrons. The van der Waals surface area contributed by atoms with Crippen molar-refractivity contribution in [2.45, 2.75) is 52.1 Å². The monoisotopic (exact) mass is 533 g/mol. The zero-order chi connectivity index (χ0) is 27.4. The number of carbonyl (C=O) groups is 2. The Balaban J connectivity index is 2.25. The maximum Gasteiger partial charge on any atom is 0.242 e. The predicted molar refractivity (Wildman–Crippen MR) is 145 cm³/mol. The highest BCUT2D eigenvalue weighted by Crippen LogP contribution is 2.30. The summed E-state index contributed by atoms with van der Waals surface area (Å²) in [6.45, 7) is 4.69. The fourth-order valence-electron chi connectivity index (χ4n) is 4.07. The van der Waals surface area contributed by atoms with Crippen molar-refractivity contribution in [1.29, 1.82) is 0 Å². The third-order valence-electron chi connectivity index (χ3n) is 5.93. The number of para-hydroxylation sites is 2. The van der Waals surface area contributed by atoms with Crippen LogP contribution in [-0.2, 0) is 26.2 Å². The molecule has 1 unspecified atom stereocenters. The van der Waals surface area contributed by atoms with Crippen LogP contribution in [-0.4, -0.2) is 64.7 Å². The van der Waals surface area contributed by atoms with Gasteiger partial charge in [-0.25, -0.2) is 8.42 Å². The molecule has 1 N–H and O–H groups in total. The molecule has 9 nitrogen and oxygen atoms in total. The van der Waals surface area contributed by atoms with Crippen LogP contribution in [0.3, 0.4) is 0 Å². The predicted octanol–water partition coefficient (Wildman–Crippen LogP) is 3.58. The second-order valence-corrected chi connectivity index (χ2v) is 10.6. The summed E-state index contributed by atoms with van der Waals surface area (Å²) in [5.74, 6) is 0.661. The first-order chi connectivity index (χ1) is 17.7. The van der Waals surface area contributed by atoms with Crippen LogP contribution in [0.15, 0.2) is 48.5 Å². The molecule has 0 spiro atoms. The Hall–Kier alpha value is -3.27. The van der Waals surface area contributed by atoms with Crippen molar-refractivity contribution in [3.05, 3.63) is 54.1 Å². The molecule has 0 aliphatic carbocycles. The third kappa shape index (κ3) is 8.66. The lowest BCUT2D eigenvalue weighted by molar-refractivity contribution is -0.141. The minimum atomic E-state index is -3.62. The summed E-state index contributed by atoms with van der Waals surface area (Å²) in [4.78, 5) is 28.0. The van der Waals surface area contributed by atoms with Gasteiger partial charge in [-0.3, -0.25) is 13.9 Å². The van der Waals surface area contributed by atoms with Crippen molar-refractivity contribution >= 4 is 27.5 Å². The molecule has 0 bridgehead atoms. The van der Waals surface area contributed by atoms with Gasteiger partial charge >= 0.3 is 0 Å². The minimum absolute atomic E-state index is 0.0721. The van der Waals surface area contributed by atoms with Crippen LogP contribution in [0, 0.1) is 0 Å². The molecule has 10 heteroatoms. The first kappa shape index (κ1) is 30.0. The molecule has 2 aromatic rings. The molecular formula is C27H39N3O6S. The first-order valence-corrected chi connectivity index (χ1v) is 14.3. The molecule has 2 amide bonds. The van der Waals surface area contributed by atoms with E-state index >= 15 is 0 Å². The van der Waals surface area contributed by atoms with Gasteiger partial charge in [0.1, 0.15) is 17.5 Å². The van der Waals surface area contributed by atoms with Gasteiger partial charge in [0.25, 0.3) is 0 Å². The van der Waals surface area contributed by atoms with E-state index in [4.69, 9.17) is 9.47 Å². The average molecular weight is 534 g/mol. The van der Waals surface area contributed by atoms with Crippen molar-refractivity contribution in [3.63, 3.8) is 0 Å². The van der Waals surface area contributed by atoms with Gasteiger partial charge in [-0.1, -0.05) is 38.1 Å². The number of nitrogens with one attached hydrogen (secondary N) is 1. The number of methoxy groups -OCH3 is 2. The Bertz CT molecular complexity index is 1140. The summed E-state index contributed by atoms with van der Waals surface area (Å²) < 4.78 is 37.0. The maximum atomic E-state index is 13.5. The first-order valence-electron chi connectivity index (χ1n) is 12.5. The van der Waals surface area contributed by atoms with Crippen LogP contribution >= 0.6 is 0 Å². The third-order valence-corrected chi connectivity index (χ3v) is 7.11. The second-order valence-electron chi connectivity index (χ2n) is 8.70. The lowest BCUT2D eigenvalue weighted by Crippen LogP contribution is -2.49. The Morgan fingerprint density at radius 2 is 1.76 bits per heavy atom. The van der Waals surface area contributed by atoms with Crippen molar-refractivity contribution < 1.29 is 27.5 Å². The number of benzene rings is 2. The topological polar surface area (TPSA) is 105 Å². The van der Waals surface area contributed by atoms with E-state index < -0.39 is 16.1 Å². The Labute approximate surface area is 220 Å². The zero-order valence-electron chi connectivity index (χ0n) is 22.4. The summed E-state index contributed by atoms with van der Waals surface area (Å²) in [6, 6.07) is 13.6. The number of sulfonamides is 1. The molecule has 0 heterocycles. The molecule has 0 aliphatic heterocycles. The molecule has 0 aliphatic rings. The van der Waals surface area contributed by atoms with Crippen molar-refractivity contribution in [1.82, 2.24) is 10.2 Å². The van der Waals surface area contributed by atoms with Crippen LogP contribution in [0.4, 0.5) is 5.69 Å². The van der Waals surface area contributed by atoms with Crippen molar-refractivity contribution in [3.8, 4) is 11.5 Å². The van der Waals surface area contributed by atoms with E-state index in [-0.39, 0.29) is 37.7 Å². The zero-order valence-corrected chi connectivity index (χ0v) is 23.2. The molecule has 0 saturated carbocycles. The standard InChI is InChI=1S/C27H39N3O6S/c1-6-17-28-27(32)23(7-2)29(20-21-12-10-13-22(19-21)35-3)26(31)16-11-18-30(37(5,33)34)24-14-8-9-15-25(24)36-4/h8-10,12-15,19,23H,6-7,11,16-18,20H2,1-5H3,(H,28,32). The summed E-state index contributed by atoms with van der Waals surface area (Å²) >= 11 is 0. The van der Waals surface area contributed by atoms with E-state index in [0.717, 1.165) is 18.2 Å². The number of amides is 2. The van der Waals surface area contributed by atoms with Gasteiger partial charge in [-0.2, -0.15) is 0 Å². The van der Waals surface area contributed by atoms with Crippen LogP contribution in [0.5, 0.6) is 11.5 Å². The molecule has 1 atom stereocenters. The number of carbonyl (C=O) groups excluding carboxylic acids is 2. The van der Waals surface area contributed by atoms with Gasteiger partial charge in [0, 0.05) is 26.1 Å². The lowest BCUT2D eigenvalue weighted by Gasteiger charge is -2.31. The Kier molecular flexibility index (Phi) is 11.7. The highest BCUT2D eigenvalue weighted by Gasteiger charge is 2.29. The quantitative estimate of drug-likeness (QED) is 0.375. The molecule has 37 heavy (non-hydrogen) atoms. The highest BCUT2D eigenvalue weighted by atomic mass is 32.2. The van der Waals surface area contributed by atoms with Crippen LogP contribution < -0.4 is 19.1 Å². The number of rotatable bonds is 15. The van der Waals surface area contributed by atoms with E-state index in [1.807, 2.05) is 38.1 Å². The minimum Gasteiger partial charge on any atom is -0.497 e. The van der Waals surface area contributed by atoms with Crippen LogP contribution in [0.1, 0.15) is 45.1 Å². The SMILES string of the molecule is CCCNC(=O)C(CC)N(Cc1cccc(OC)c1)C(=O)CCCN(c1ccccc1OC)S(C)(=O)=O. The fourth-order valence-corrected chi connectivity index (χ4v) is 5.04. The largest absolute Gasteiger partial charge is 0.497 e. The summed E-state index contributed by atoms with van der Waals surface area (Å²) in [5, 5.41) is 2.90. The molecule has 0 fully saturated rings. The number of hydrogen-bond donors (Lipinski definition) is 1. The van der Waals surface area contributed by atoms with Crippen molar-refractivity contribution in [2.24, 2.45) is 0 Å². The number of nitrogens with zero attached hydrogens (tertiary/aromatic N) is 2. The maximum absolute atomic E-state index is 13.5. The van der Waals surface area contributed by atoms with Crippen LogP contribution in [0.25, 0.3) is 0 Å². The van der Waals surface area contributed by atoms with Gasteiger partial charge in [0.05, 0.1) is 26.2 Å². The fraction of sp³-hybridized carbons (Fsp3) is 0.481. The smallest absolute Gasteiger partial charge is 0.242 e. The van der Waals surface area contributed by atoms with E-state index in [9.17, 15) is 18.0 Å². The average Bonchev–Trinajstić information content (AvgIpc) is 2.89. The molecule has 2 rings (SSSR count). The van der Waals surface area contributed by atoms with Gasteiger partial charge in [0.2, 0.25) is 21.8 Å². The van der Waals surface area contributed by atoms with E-state index in [1.54, 1.807) is 36.3 Å². The van der Waals surface area contributed by atoms with Crippen LogP contribution in [0.2, 0.25) is 0 Å². The normalized spacial score (nSPS) is 11.9. The van der Waals surface area contributed by atoms with E-state index in [2.05, 4.69) is 5.32 Å². The van der Waals surface area contributed by atoms with Gasteiger partial charge in [-0.05, 0) is 49.1 Å². The molecule has 0 radical (unpaired) electrons. The molecule has 0 aromatic heterocycles. The molecule has 2 aromatic carbocycles. The van der Waals surface area contributed by atoms with Gasteiger partial charge in [-0.15, -0.1) is 0 Å². The van der Waals surface area contributed by atoms with E-state index in [1.165, 1.54) is 11.4 Å². The second kappa shape index (κ2) is 14.5. The number of anilines is 1. The lowest BCUT2D eigenvalue weighted by atomic mass is 10.1. The Morgan fingerprint density at radius 3 is 2.38 bits per heavy atom. The Morgan fingerprint density at radius 1 is 1.03 bits per heavy atom. The summed E-state index contributed by atoms with van der Waals surface area (Å²) in [5.41, 5.74) is 1.25. The number of hydrogen-bond acceptors (Lipinski definition) is 6. The molecule has 0 saturated heterocycles. The number of ether oxygens (including phenoxy) is 2. The van der Waals surface area contributed by atoms with Gasteiger partial charge in [0.15, 0.2) is 0 Å². The van der Waals surface area contributed by atoms with Gasteiger partial charge < -0.3 is 19.7 Å².